The molecule has 2 saturated heterocycles. The zero-order valence-electron chi connectivity index (χ0n) is 9.69. The lowest BCUT2D eigenvalue weighted by Crippen LogP contribution is -2.55. The Balaban J connectivity index is 1.83. The molecule has 15 heavy (non-hydrogen) atoms. The molecule has 0 spiro atoms. The maximum absolute atomic E-state index is 5.86. The molecule has 0 amide bonds. The molecule has 2 aliphatic heterocycles. The number of nitrogens with two attached hydrogens (primary N) is 1. The van der Waals surface area contributed by atoms with E-state index in [-0.39, 0.29) is 0 Å². The maximum atomic E-state index is 5.86. The minimum absolute atomic E-state index is 0.592. The summed E-state index contributed by atoms with van der Waals surface area (Å²) in [6.07, 6.45) is 1.41. The molecule has 2 unspecified atom stereocenters. The normalized spacial score (nSPS) is 34.8. The minimum Gasteiger partial charge on any atom is -0.329 e. The summed E-state index contributed by atoms with van der Waals surface area (Å²) < 4.78 is 0. The largest absolute Gasteiger partial charge is 0.329 e. The first kappa shape index (κ1) is 11.7. The van der Waals surface area contributed by atoms with Crippen LogP contribution in [0.25, 0.3) is 0 Å². The Labute approximate surface area is 97.4 Å². The summed E-state index contributed by atoms with van der Waals surface area (Å²) in [5.41, 5.74) is 5.86. The molecular weight excluding hydrogens is 206 g/mol. The molecule has 0 aromatic carbocycles. The zero-order chi connectivity index (χ0) is 10.7. The Morgan fingerprint density at radius 2 is 2.27 bits per heavy atom. The third-order valence-electron chi connectivity index (χ3n) is 3.60. The highest BCUT2D eigenvalue weighted by Gasteiger charge is 2.27. The highest BCUT2D eigenvalue weighted by atomic mass is 32.2. The van der Waals surface area contributed by atoms with Gasteiger partial charge in [-0.15, -0.1) is 0 Å². The van der Waals surface area contributed by atoms with E-state index in [9.17, 15) is 0 Å². The molecule has 2 rings (SSSR count). The van der Waals surface area contributed by atoms with Gasteiger partial charge >= 0.3 is 0 Å². The van der Waals surface area contributed by atoms with E-state index < -0.39 is 0 Å². The van der Waals surface area contributed by atoms with Gasteiger partial charge in [-0.2, -0.15) is 11.8 Å². The van der Waals surface area contributed by atoms with Crippen LogP contribution in [-0.2, 0) is 0 Å². The summed E-state index contributed by atoms with van der Waals surface area (Å²) in [7, 11) is 2.20. The predicted octanol–water partition coefficient (Wildman–Crippen LogP) is 0.314. The maximum Gasteiger partial charge on any atom is 0.0346 e. The van der Waals surface area contributed by atoms with Gasteiger partial charge in [0.15, 0.2) is 0 Å². The van der Waals surface area contributed by atoms with Gasteiger partial charge < -0.3 is 10.6 Å². The van der Waals surface area contributed by atoms with Crippen LogP contribution >= 0.6 is 11.8 Å². The monoisotopic (exact) mass is 229 g/mol. The molecular formula is C11H23N3S. The Morgan fingerprint density at radius 3 is 2.93 bits per heavy atom. The standard InChI is InChI=1S/C11H23N3S/c1-13-3-4-14(11(6-12)8-13)7-10-2-5-15-9-10/h10-11H,2-9,12H2,1H3. The van der Waals surface area contributed by atoms with Crippen molar-refractivity contribution in [2.24, 2.45) is 11.7 Å². The van der Waals surface area contributed by atoms with Crippen molar-refractivity contribution in [1.29, 1.82) is 0 Å². The van der Waals surface area contributed by atoms with Crippen molar-refractivity contribution in [2.45, 2.75) is 12.5 Å². The van der Waals surface area contributed by atoms with Crippen LogP contribution in [-0.4, -0.2) is 67.1 Å². The number of hydrogen-bond donors (Lipinski definition) is 1. The first-order valence-electron chi connectivity index (χ1n) is 6.00. The molecule has 2 heterocycles. The lowest BCUT2D eigenvalue weighted by molar-refractivity contribution is 0.0828. The van der Waals surface area contributed by atoms with E-state index in [1.54, 1.807) is 0 Å². The first-order valence-corrected chi connectivity index (χ1v) is 7.15. The smallest absolute Gasteiger partial charge is 0.0346 e. The topological polar surface area (TPSA) is 32.5 Å². The quantitative estimate of drug-likeness (QED) is 0.755. The van der Waals surface area contributed by atoms with E-state index in [4.69, 9.17) is 5.73 Å². The van der Waals surface area contributed by atoms with Gasteiger partial charge in [0.2, 0.25) is 0 Å². The number of rotatable bonds is 3. The van der Waals surface area contributed by atoms with Crippen LogP contribution in [0.2, 0.25) is 0 Å². The molecule has 0 saturated carbocycles. The zero-order valence-corrected chi connectivity index (χ0v) is 10.5. The molecule has 0 aromatic heterocycles. The summed E-state index contributed by atoms with van der Waals surface area (Å²) in [5.74, 6) is 3.66. The van der Waals surface area contributed by atoms with Crippen molar-refractivity contribution in [3.05, 3.63) is 0 Å². The molecule has 2 atom stereocenters. The highest BCUT2D eigenvalue weighted by molar-refractivity contribution is 7.99. The van der Waals surface area contributed by atoms with Gasteiger partial charge in [0.25, 0.3) is 0 Å². The van der Waals surface area contributed by atoms with Gasteiger partial charge in [-0.3, -0.25) is 4.90 Å². The second-order valence-electron chi connectivity index (χ2n) is 4.88. The third kappa shape index (κ3) is 3.09. The van der Waals surface area contributed by atoms with Gasteiger partial charge in [-0.1, -0.05) is 0 Å². The van der Waals surface area contributed by atoms with Gasteiger partial charge in [-0.25, -0.2) is 0 Å². The lowest BCUT2D eigenvalue weighted by atomic mass is 10.1. The van der Waals surface area contributed by atoms with Gasteiger partial charge in [0.1, 0.15) is 0 Å². The van der Waals surface area contributed by atoms with E-state index in [0.29, 0.717) is 6.04 Å². The summed E-state index contributed by atoms with van der Waals surface area (Å²) in [6, 6.07) is 0.592. The number of nitrogens with zero attached hydrogens (tertiary/aromatic N) is 2. The van der Waals surface area contributed by atoms with Crippen molar-refractivity contribution >= 4 is 11.8 Å². The lowest BCUT2D eigenvalue weighted by Gasteiger charge is -2.40. The van der Waals surface area contributed by atoms with Crippen LogP contribution in [0.15, 0.2) is 0 Å². The van der Waals surface area contributed by atoms with E-state index in [2.05, 4.69) is 28.6 Å². The molecule has 0 aromatic rings. The van der Waals surface area contributed by atoms with Crippen molar-refractivity contribution < 1.29 is 0 Å². The average Bonchev–Trinajstić information content (AvgIpc) is 2.73. The molecule has 0 bridgehead atoms. The van der Waals surface area contributed by atoms with Crippen LogP contribution in [0, 0.1) is 5.92 Å². The number of likely N-dealkylation sites (N-methyl/N-ethyl adjacent to an activating group) is 1. The summed E-state index contributed by atoms with van der Waals surface area (Å²) in [4.78, 5) is 5.02. The van der Waals surface area contributed by atoms with Crippen LogP contribution in [0.1, 0.15) is 6.42 Å². The van der Waals surface area contributed by atoms with Gasteiger partial charge in [-0.05, 0) is 30.9 Å². The van der Waals surface area contributed by atoms with E-state index in [0.717, 1.165) is 19.0 Å². The Hall–Kier alpha value is 0.230. The number of thioether (sulfide) groups is 1. The minimum atomic E-state index is 0.592. The van der Waals surface area contributed by atoms with Gasteiger partial charge in [0, 0.05) is 38.8 Å². The second-order valence-corrected chi connectivity index (χ2v) is 6.03. The van der Waals surface area contributed by atoms with Crippen LogP contribution in [0.3, 0.4) is 0 Å². The average molecular weight is 229 g/mol. The molecule has 0 radical (unpaired) electrons. The second kappa shape index (κ2) is 5.53. The van der Waals surface area contributed by atoms with E-state index >= 15 is 0 Å². The van der Waals surface area contributed by atoms with Crippen molar-refractivity contribution in [1.82, 2.24) is 9.80 Å². The first-order chi connectivity index (χ1) is 7.29. The summed E-state index contributed by atoms with van der Waals surface area (Å²) >= 11 is 2.11. The molecule has 88 valence electrons. The molecule has 2 N–H and O–H groups in total. The number of piperazine rings is 1. The van der Waals surface area contributed by atoms with Crippen LogP contribution in [0.5, 0.6) is 0 Å². The van der Waals surface area contributed by atoms with Crippen LogP contribution in [0.4, 0.5) is 0 Å². The summed E-state index contributed by atoms with van der Waals surface area (Å²) in [5, 5.41) is 0. The van der Waals surface area contributed by atoms with Crippen molar-refractivity contribution in [3.8, 4) is 0 Å². The molecule has 0 aliphatic carbocycles. The summed E-state index contributed by atoms with van der Waals surface area (Å²) in [6.45, 7) is 5.65. The van der Waals surface area contributed by atoms with Crippen molar-refractivity contribution in [2.75, 3.05) is 51.3 Å². The van der Waals surface area contributed by atoms with Crippen molar-refractivity contribution in [3.63, 3.8) is 0 Å². The molecule has 2 aliphatic rings. The van der Waals surface area contributed by atoms with E-state index in [1.165, 1.54) is 37.6 Å². The third-order valence-corrected chi connectivity index (χ3v) is 4.83. The van der Waals surface area contributed by atoms with Gasteiger partial charge in [0.05, 0.1) is 0 Å². The van der Waals surface area contributed by atoms with Crippen LogP contribution < -0.4 is 5.73 Å². The predicted molar refractivity (Wildman–Crippen MR) is 67.3 cm³/mol. The molecule has 4 heteroatoms. The highest BCUT2D eigenvalue weighted by Crippen LogP contribution is 2.25. The SMILES string of the molecule is CN1CCN(CC2CCSC2)C(CN)C1. The van der Waals surface area contributed by atoms with E-state index in [1.807, 2.05) is 0 Å². The fraction of sp³-hybridized carbons (Fsp3) is 1.00. The molecule has 3 nitrogen and oxygen atoms in total. The Bertz CT molecular complexity index is 194. The number of hydrogen-bond acceptors (Lipinski definition) is 4. The Kier molecular flexibility index (Phi) is 4.31. The fourth-order valence-corrected chi connectivity index (χ4v) is 3.84. The Morgan fingerprint density at radius 1 is 1.40 bits per heavy atom. The molecule has 2 fully saturated rings. The fourth-order valence-electron chi connectivity index (χ4n) is 2.57.